The van der Waals surface area contributed by atoms with Crippen LogP contribution in [0.25, 0.3) is 0 Å². The van der Waals surface area contributed by atoms with E-state index in [-0.39, 0.29) is 6.42 Å². The van der Waals surface area contributed by atoms with Crippen molar-refractivity contribution < 1.29 is 14.3 Å². The summed E-state index contributed by atoms with van der Waals surface area (Å²) in [6, 6.07) is 9.20. The minimum Gasteiger partial charge on any atom is -0.393 e. The number of hydrogen-bond acceptors (Lipinski definition) is 3. The molecule has 0 bridgehead atoms. The summed E-state index contributed by atoms with van der Waals surface area (Å²) in [5, 5.41) is 0. The van der Waals surface area contributed by atoms with Gasteiger partial charge in [-0.15, -0.1) is 11.6 Å². The highest BCUT2D eigenvalue weighted by atomic mass is 35.5. The molecule has 0 aliphatic carbocycles. The summed E-state index contributed by atoms with van der Waals surface area (Å²) in [6.07, 6.45) is -0.0435. The van der Waals surface area contributed by atoms with Crippen molar-refractivity contribution in [2.45, 2.75) is 25.1 Å². The Morgan fingerprint density at radius 1 is 1.31 bits per heavy atom. The van der Waals surface area contributed by atoms with Crippen LogP contribution in [0.3, 0.4) is 0 Å². The van der Waals surface area contributed by atoms with Crippen molar-refractivity contribution in [3.63, 3.8) is 0 Å². The first-order chi connectivity index (χ1) is 7.42. The van der Waals surface area contributed by atoms with Crippen molar-refractivity contribution >= 4 is 23.5 Å². The number of halogens is 1. The zero-order chi connectivity index (χ0) is 12.2. The first-order valence-electron chi connectivity index (χ1n) is 4.87. The quantitative estimate of drug-likeness (QED) is 0.463. The van der Waals surface area contributed by atoms with E-state index in [4.69, 9.17) is 11.6 Å². The van der Waals surface area contributed by atoms with Crippen molar-refractivity contribution in [3.8, 4) is 0 Å². The van der Waals surface area contributed by atoms with Gasteiger partial charge in [-0.05, 0) is 12.5 Å². The second-order valence-electron chi connectivity index (χ2n) is 3.71. The van der Waals surface area contributed by atoms with E-state index in [2.05, 4.69) is 4.74 Å². The Labute approximate surface area is 99.4 Å². The molecule has 1 aromatic carbocycles. The Morgan fingerprint density at radius 3 is 2.38 bits per heavy atom. The van der Waals surface area contributed by atoms with Gasteiger partial charge in [-0.25, -0.2) is 0 Å². The van der Waals surface area contributed by atoms with Gasteiger partial charge < -0.3 is 4.74 Å². The van der Waals surface area contributed by atoms with Crippen LogP contribution in [0.4, 0.5) is 0 Å². The van der Waals surface area contributed by atoms with Crippen molar-refractivity contribution in [1.29, 1.82) is 0 Å². The molecule has 1 rings (SSSR count). The van der Waals surface area contributed by atoms with Crippen molar-refractivity contribution in [2.75, 3.05) is 0 Å². The Kier molecular flexibility index (Phi) is 4.07. The average Bonchev–Trinajstić information content (AvgIpc) is 2.16. The lowest BCUT2D eigenvalue weighted by Crippen LogP contribution is -2.21. The van der Waals surface area contributed by atoms with Crippen LogP contribution in [-0.2, 0) is 19.2 Å². The summed E-state index contributed by atoms with van der Waals surface area (Å²) >= 11 is 6.23. The van der Waals surface area contributed by atoms with Gasteiger partial charge in [0.2, 0.25) is 0 Å². The van der Waals surface area contributed by atoms with Gasteiger partial charge in [0.25, 0.3) is 0 Å². The highest BCUT2D eigenvalue weighted by Crippen LogP contribution is 2.32. The van der Waals surface area contributed by atoms with Crippen molar-refractivity contribution in [1.82, 2.24) is 0 Å². The van der Waals surface area contributed by atoms with Gasteiger partial charge in [0, 0.05) is 6.92 Å². The third kappa shape index (κ3) is 3.66. The molecule has 0 saturated heterocycles. The summed E-state index contributed by atoms with van der Waals surface area (Å²) in [5.41, 5.74) is 0.817. The highest BCUT2D eigenvalue weighted by Gasteiger charge is 2.28. The van der Waals surface area contributed by atoms with E-state index in [9.17, 15) is 9.59 Å². The molecule has 0 heterocycles. The molecule has 3 nitrogen and oxygen atoms in total. The third-order valence-corrected chi connectivity index (χ3v) is 2.46. The third-order valence-electron chi connectivity index (χ3n) is 2.11. The van der Waals surface area contributed by atoms with Gasteiger partial charge in [-0.2, -0.15) is 0 Å². The maximum absolute atomic E-state index is 11.3. The normalized spacial score (nSPS) is 13.9. The molecular formula is C12H13ClO3. The van der Waals surface area contributed by atoms with Gasteiger partial charge in [0.05, 0.1) is 11.3 Å². The smallest absolute Gasteiger partial charge is 0.315 e. The zero-order valence-electron chi connectivity index (χ0n) is 9.20. The van der Waals surface area contributed by atoms with Crippen LogP contribution in [0.2, 0.25) is 0 Å². The molecule has 0 aliphatic rings. The summed E-state index contributed by atoms with van der Waals surface area (Å²) in [5.74, 6) is -1.24. The lowest BCUT2D eigenvalue weighted by Gasteiger charge is -2.20. The summed E-state index contributed by atoms with van der Waals surface area (Å²) in [6.45, 7) is 2.90. The largest absolute Gasteiger partial charge is 0.393 e. The minimum absolute atomic E-state index is 0.0435. The van der Waals surface area contributed by atoms with Gasteiger partial charge in [0.15, 0.2) is 0 Å². The number of ether oxygens (including phenoxy) is 1. The predicted octanol–water partition coefficient (Wildman–Crippen LogP) is 2.62. The molecule has 0 spiro atoms. The van der Waals surface area contributed by atoms with Crippen molar-refractivity contribution in [3.05, 3.63) is 35.9 Å². The number of rotatable bonds is 3. The fourth-order valence-electron chi connectivity index (χ4n) is 1.36. The summed E-state index contributed by atoms with van der Waals surface area (Å²) in [7, 11) is 0. The van der Waals surface area contributed by atoms with Gasteiger partial charge >= 0.3 is 11.9 Å². The molecule has 0 aliphatic heterocycles. The van der Waals surface area contributed by atoms with Crippen LogP contribution >= 0.6 is 11.6 Å². The first kappa shape index (κ1) is 12.7. The molecule has 1 unspecified atom stereocenters. The summed E-state index contributed by atoms with van der Waals surface area (Å²) < 4.78 is 4.45. The maximum atomic E-state index is 11.3. The van der Waals surface area contributed by atoms with E-state index in [0.717, 1.165) is 5.56 Å². The number of carbonyl (C=O) groups is 2. The highest BCUT2D eigenvalue weighted by molar-refractivity contribution is 6.24. The molecule has 0 aromatic heterocycles. The fourth-order valence-corrected chi connectivity index (χ4v) is 1.59. The first-order valence-corrected chi connectivity index (χ1v) is 5.25. The van der Waals surface area contributed by atoms with E-state index in [1.807, 2.05) is 30.3 Å². The maximum Gasteiger partial charge on any atom is 0.315 e. The van der Waals surface area contributed by atoms with Crippen LogP contribution in [0.15, 0.2) is 30.3 Å². The molecule has 0 amide bonds. The number of alkyl halides is 1. The molecule has 16 heavy (non-hydrogen) atoms. The Bertz CT molecular complexity index is 385. The lowest BCUT2D eigenvalue weighted by molar-refractivity contribution is -0.158. The fraction of sp³-hybridized carbons (Fsp3) is 0.333. The van der Waals surface area contributed by atoms with E-state index in [1.165, 1.54) is 6.92 Å². The van der Waals surface area contributed by atoms with E-state index in [0.29, 0.717) is 0 Å². The van der Waals surface area contributed by atoms with Crippen LogP contribution < -0.4 is 0 Å². The molecule has 4 heteroatoms. The molecule has 0 radical (unpaired) electrons. The monoisotopic (exact) mass is 240 g/mol. The van der Waals surface area contributed by atoms with E-state index in [1.54, 1.807) is 6.92 Å². The number of hydrogen-bond donors (Lipinski definition) is 0. The Hall–Kier alpha value is -1.35. The van der Waals surface area contributed by atoms with Crippen LogP contribution in [-0.4, -0.2) is 11.9 Å². The topological polar surface area (TPSA) is 43.4 Å². The SMILES string of the molecule is CC(=O)OC(=O)CC(C)(Cl)c1ccccc1. The second-order valence-corrected chi connectivity index (χ2v) is 4.54. The van der Waals surface area contributed by atoms with Crippen LogP contribution in [0.1, 0.15) is 25.8 Å². The Morgan fingerprint density at radius 2 is 1.88 bits per heavy atom. The number of benzene rings is 1. The summed E-state index contributed by atoms with van der Waals surface area (Å²) in [4.78, 5) is 21.1. The van der Waals surface area contributed by atoms with Gasteiger partial charge in [-0.3, -0.25) is 9.59 Å². The number of carbonyl (C=O) groups excluding carboxylic acids is 2. The standard InChI is InChI=1S/C12H13ClO3/c1-9(14)16-11(15)8-12(2,13)10-6-4-3-5-7-10/h3-7H,8H2,1-2H3. The molecular weight excluding hydrogens is 228 g/mol. The van der Waals surface area contributed by atoms with Crippen LogP contribution in [0.5, 0.6) is 0 Å². The number of esters is 2. The molecule has 86 valence electrons. The molecule has 0 N–H and O–H groups in total. The van der Waals surface area contributed by atoms with Gasteiger partial charge in [-0.1, -0.05) is 30.3 Å². The average molecular weight is 241 g/mol. The van der Waals surface area contributed by atoms with E-state index >= 15 is 0 Å². The van der Waals surface area contributed by atoms with Gasteiger partial charge in [0.1, 0.15) is 0 Å². The molecule has 1 atom stereocenters. The molecule has 1 aromatic rings. The second kappa shape index (κ2) is 5.12. The van der Waals surface area contributed by atoms with Crippen molar-refractivity contribution in [2.24, 2.45) is 0 Å². The van der Waals surface area contributed by atoms with E-state index < -0.39 is 16.8 Å². The zero-order valence-corrected chi connectivity index (χ0v) is 9.95. The van der Waals surface area contributed by atoms with Crippen LogP contribution in [0, 0.1) is 0 Å². The Balaban J connectivity index is 2.72. The predicted molar refractivity (Wildman–Crippen MR) is 61.0 cm³/mol. The lowest BCUT2D eigenvalue weighted by atomic mass is 9.97. The minimum atomic E-state index is -0.853. The molecule has 0 saturated carbocycles. The molecule has 0 fully saturated rings.